The van der Waals surface area contributed by atoms with E-state index in [1.54, 1.807) is 65.8 Å². The lowest BCUT2D eigenvalue weighted by molar-refractivity contribution is -0.154. The highest BCUT2D eigenvalue weighted by atomic mass is 16.6. The lowest BCUT2D eigenvalue weighted by atomic mass is 9.97. The Labute approximate surface area is 233 Å². The van der Waals surface area contributed by atoms with Crippen molar-refractivity contribution in [3.63, 3.8) is 0 Å². The number of ether oxygens (including phenoxy) is 4. The maximum absolute atomic E-state index is 12.3. The molecule has 10 nitrogen and oxygen atoms in total. The molecule has 0 aromatic heterocycles. The lowest BCUT2D eigenvalue weighted by Crippen LogP contribution is -2.26. The average molecular weight is 557 g/mol. The summed E-state index contributed by atoms with van der Waals surface area (Å²) in [6.07, 6.45) is -0.625. The van der Waals surface area contributed by atoms with Crippen LogP contribution in [0.25, 0.3) is 0 Å². The van der Waals surface area contributed by atoms with Crippen LogP contribution in [-0.4, -0.2) is 47.3 Å². The van der Waals surface area contributed by atoms with Crippen LogP contribution < -0.4 is 9.47 Å². The third kappa shape index (κ3) is 9.32. The van der Waals surface area contributed by atoms with E-state index in [-0.39, 0.29) is 35.8 Å². The van der Waals surface area contributed by atoms with Gasteiger partial charge in [0, 0.05) is 11.1 Å². The van der Waals surface area contributed by atoms with Gasteiger partial charge in [-0.3, -0.25) is 9.59 Å². The first-order valence-electron chi connectivity index (χ1n) is 12.6. The molecule has 0 spiro atoms. The topological polar surface area (TPSA) is 146 Å². The Bertz CT molecular complexity index is 1140. The Kier molecular flexibility index (Phi) is 11.2. The molecule has 0 unspecified atom stereocenters. The van der Waals surface area contributed by atoms with Gasteiger partial charge in [0.1, 0.15) is 24.7 Å². The smallest absolute Gasteiger partial charge is 0.340 e. The number of hydrogen-bond acceptors (Lipinski definition) is 10. The van der Waals surface area contributed by atoms with E-state index in [9.17, 15) is 29.4 Å². The molecule has 2 aromatic carbocycles. The van der Waals surface area contributed by atoms with Crippen LogP contribution in [0.2, 0.25) is 0 Å². The summed E-state index contributed by atoms with van der Waals surface area (Å²) in [5.74, 6) is -2.92. The van der Waals surface area contributed by atoms with Crippen molar-refractivity contribution in [3.05, 3.63) is 71.8 Å². The molecule has 216 valence electrons. The number of para-hydroxylation sites is 2. The van der Waals surface area contributed by atoms with Gasteiger partial charge in [-0.2, -0.15) is 0 Å². The zero-order valence-corrected chi connectivity index (χ0v) is 23.5. The largest absolute Gasteiger partial charge is 0.459 e. The van der Waals surface area contributed by atoms with Crippen LogP contribution in [0, 0.1) is 10.8 Å². The van der Waals surface area contributed by atoms with Crippen LogP contribution in [0.5, 0.6) is 11.5 Å². The van der Waals surface area contributed by atoms with Crippen molar-refractivity contribution in [3.8, 4) is 11.5 Å². The summed E-state index contributed by atoms with van der Waals surface area (Å²) in [5, 5.41) is 20.9. The monoisotopic (exact) mass is 556 g/mol. The summed E-state index contributed by atoms with van der Waals surface area (Å²) < 4.78 is 20.7. The standard InChI is InChI=1S/C30H36O10/c1-29(2,3)27(35)39-21-15-9-7-13-19(21)23(31)25(33)37-17-11-12-18-38-26(34)24(32)20-14-8-10-16-22(20)40-28(36)30(4,5)6/h7-16,23-24,31-32H,17-18H2,1-6H3/t23-,24-/m0/s1. The third-order valence-electron chi connectivity index (χ3n) is 5.31. The summed E-state index contributed by atoms with van der Waals surface area (Å²) in [7, 11) is 0. The fourth-order valence-corrected chi connectivity index (χ4v) is 2.91. The zero-order chi connectivity index (χ0) is 30.1. The molecule has 0 radical (unpaired) electrons. The van der Waals surface area contributed by atoms with Crippen LogP contribution in [0.4, 0.5) is 0 Å². The van der Waals surface area contributed by atoms with Crippen molar-refractivity contribution < 1.29 is 48.3 Å². The number of hydrogen-bond donors (Lipinski definition) is 2. The van der Waals surface area contributed by atoms with E-state index in [4.69, 9.17) is 18.9 Å². The molecular formula is C30H36O10. The Morgan fingerprint density at radius 3 is 1.30 bits per heavy atom. The Balaban J connectivity index is 1.88. The third-order valence-corrected chi connectivity index (χ3v) is 5.31. The first kappa shape index (κ1) is 32.2. The minimum absolute atomic E-state index is 0.0441. The maximum atomic E-state index is 12.3. The van der Waals surface area contributed by atoms with Crippen LogP contribution in [-0.2, 0) is 28.7 Å². The normalized spacial score (nSPS) is 13.3. The second kappa shape index (κ2) is 13.9. The van der Waals surface area contributed by atoms with E-state index in [1.807, 2.05) is 0 Å². The number of aliphatic hydroxyl groups excluding tert-OH is 2. The highest BCUT2D eigenvalue weighted by Gasteiger charge is 2.29. The van der Waals surface area contributed by atoms with Gasteiger partial charge in [0.05, 0.1) is 10.8 Å². The fraction of sp³-hybridized carbons (Fsp3) is 0.400. The molecule has 0 saturated heterocycles. The van der Waals surface area contributed by atoms with Crippen LogP contribution >= 0.6 is 0 Å². The summed E-state index contributed by atoms with van der Waals surface area (Å²) in [6.45, 7) is 9.57. The van der Waals surface area contributed by atoms with E-state index in [0.717, 1.165) is 0 Å². The Morgan fingerprint density at radius 2 is 0.975 bits per heavy atom. The average Bonchev–Trinajstić information content (AvgIpc) is 2.89. The summed E-state index contributed by atoms with van der Waals surface area (Å²) in [4.78, 5) is 49.1. The second-order valence-electron chi connectivity index (χ2n) is 10.9. The molecule has 0 fully saturated rings. The van der Waals surface area contributed by atoms with E-state index < -0.39 is 46.9 Å². The molecule has 2 aromatic rings. The van der Waals surface area contributed by atoms with Crippen LogP contribution in [0.15, 0.2) is 60.7 Å². The van der Waals surface area contributed by atoms with Crippen molar-refractivity contribution in [1.82, 2.24) is 0 Å². The fourth-order valence-electron chi connectivity index (χ4n) is 2.91. The number of carbonyl (C=O) groups excluding carboxylic acids is 4. The highest BCUT2D eigenvalue weighted by Crippen LogP contribution is 2.29. The molecule has 0 heterocycles. The zero-order valence-electron chi connectivity index (χ0n) is 23.5. The SMILES string of the molecule is CC(C)(C)C(=O)Oc1ccccc1[C@H](O)C(=O)OCC=CCOC(=O)[C@@H](O)c1ccccc1OC(=O)C(C)(C)C. The summed E-state index contributed by atoms with van der Waals surface area (Å²) >= 11 is 0. The van der Waals surface area contributed by atoms with E-state index in [0.29, 0.717) is 0 Å². The van der Waals surface area contributed by atoms with Crippen molar-refractivity contribution in [2.75, 3.05) is 13.2 Å². The summed E-state index contributed by atoms with van der Waals surface area (Å²) in [5.41, 5.74) is -1.42. The number of aliphatic hydroxyl groups is 2. The molecular weight excluding hydrogens is 520 g/mol. The van der Waals surface area contributed by atoms with Gasteiger partial charge in [0.25, 0.3) is 0 Å². The molecule has 0 bridgehead atoms. The lowest BCUT2D eigenvalue weighted by Gasteiger charge is -2.19. The van der Waals surface area contributed by atoms with Crippen LogP contribution in [0.3, 0.4) is 0 Å². The maximum Gasteiger partial charge on any atom is 0.340 e. The number of carbonyl (C=O) groups is 4. The van der Waals surface area contributed by atoms with Gasteiger partial charge in [0.2, 0.25) is 0 Å². The molecule has 10 heteroatoms. The van der Waals surface area contributed by atoms with Gasteiger partial charge in [-0.1, -0.05) is 36.4 Å². The van der Waals surface area contributed by atoms with Crippen molar-refractivity contribution in [2.24, 2.45) is 10.8 Å². The van der Waals surface area contributed by atoms with Gasteiger partial charge >= 0.3 is 23.9 Å². The number of esters is 4. The van der Waals surface area contributed by atoms with Gasteiger partial charge in [0.15, 0.2) is 12.2 Å². The predicted octanol–water partition coefficient (Wildman–Crippen LogP) is 4.00. The molecule has 0 aliphatic carbocycles. The van der Waals surface area contributed by atoms with Gasteiger partial charge < -0.3 is 29.2 Å². The van der Waals surface area contributed by atoms with E-state index in [1.165, 1.54) is 36.4 Å². The summed E-state index contributed by atoms with van der Waals surface area (Å²) in [6, 6.07) is 12.2. The van der Waals surface area contributed by atoms with Gasteiger partial charge in [-0.05, 0) is 65.8 Å². The Morgan fingerprint density at radius 1 is 0.650 bits per heavy atom. The van der Waals surface area contributed by atoms with Gasteiger partial charge in [-0.15, -0.1) is 0 Å². The molecule has 2 N–H and O–H groups in total. The first-order valence-corrected chi connectivity index (χ1v) is 12.6. The molecule has 0 amide bonds. The van der Waals surface area contributed by atoms with Crippen molar-refractivity contribution in [2.45, 2.75) is 53.8 Å². The van der Waals surface area contributed by atoms with Crippen molar-refractivity contribution >= 4 is 23.9 Å². The quantitative estimate of drug-likeness (QED) is 0.250. The van der Waals surface area contributed by atoms with Gasteiger partial charge in [-0.25, -0.2) is 9.59 Å². The Hall–Kier alpha value is -4.02. The molecule has 0 aliphatic rings. The van der Waals surface area contributed by atoms with Crippen molar-refractivity contribution in [1.29, 1.82) is 0 Å². The molecule has 40 heavy (non-hydrogen) atoms. The van der Waals surface area contributed by atoms with E-state index >= 15 is 0 Å². The van der Waals surface area contributed by atoms with Crippen LogP contribution in [0.1, 0.15) is 64.9 Å². The minimum Gasteiger partial charge on any atom is -0.459 e. The number of benzene rings is 2. The molecule has 0 aliphatic heterocycles. The molecule has 0 saturated carbocycles. The minimum atomic E-state index is -1.70. The molecule has 2 atom stereocenters. The number of rotatable bonds is 10. The molecule has 2 rings (SSSR count). The second-order valence-corrected chi connectivity index (χ2v) is 10.9. The van der Waals surface area contributed by atoms with E-state index in [2.05, 4.69) is 0 Å². The first-order chi connectivity index (χ1) is 18.6. The highest BCUT2D eigenvalue weighted by molar-refractivity contribution is 5.81. The predicted molar refractivity (Wildman–Crippen MR) is 144 cm³/mol.